The van der Waals surface area contributed by atoms with Gasteiger partial charge in [-0.2, -0.15) is 0 Å². The fourth-order valence-corrected chi connectivity index (χ4v) is 1.54. The van der Waals surface area contributed by atoms with Crippen LogP contribution in [-0.4, -0.2) is 92.4 Å². The van der Waals surface area contributed by atoms with Crippen molar-refractivity contribution in [1.29, 1.82) is 0 Å². The van der Waals surface area contributed by atoms with Crippen molar-refractivity contribution in [2.75, 3.05) is 86.3 Å². The molecular weight excluding hydrogens is 302 g/mol. The van der Waals surface area contributed by atoms with Crippen LogP contribution in [-0.2, 0) is 28.4 Å². The molecule has 1 N–H and O–H groups in total. The first-order valence-corrected chi connectivity index (χ1v) is 8.38. The fourth-order valence-electron chi connectivity index (χ4n) is 1.54. The molecule has 140 valence electrons. The Balaban J connectivity index is 2.95. The summed E-state index contributed by atoms with van der Waals surface area (Å²) in [5.41, 5.74) is 0. The van der Waals surface area contributed by atoms with E-state index in [1.165, 1.54) is 0 Å². The molecule has 0 unspecified atom stereocenters. The molecule has 0 radical (unpaired) electrons. The Morgan fingerprint density at radius 3 is 1.26 bits per heavy atom. The molecule has 0 heterocycles. The highest BCUT2D eigenvalue weighted by Gasteiger charge is 1.94. The first-order chi connectivity index (χ1) is 11.3. The maximum atomic E-state index is 5.42. The van der Waals surface area contributed by atoms with Gasteiger partial charge in [0.25, 0.3) is 0 Å². The maximum Gasteiger partial charge on any atom is 0.0701 e. The lowest BCUT2D eigenvalue weighted by Gasteiger charge is -2.09. The van der Waals surface area contributed by atoms with Crippen LogP contribution in [0.2, 0.25) is 0 Å². The van der Waals surface area contributed by atoms with Crippen molar-refractivity contribution < 1.29 is 28.4 Å². The molecule has 7 nitrogen and oxygen atoms in total. The SMILES string of the molecule is COCCOCCOCCOCCOCCOCCNC(C)C. The highest BCUT2D eigenvalue weighted by molar-refractivity contribution is 4.50. The van der Waals surface area contributed by atoms with Crippen LogP contribution >= 0.6 is 0 Å². The number of hydrogen-bond donors (Lipinski definition) is 1. The standard InChI is InChI=1S/C16H35NO6/c1-16(2)17-4-5-19-8-9-21-12-13-23-15-14-22-11-10-20-7-6-18-3/h16-17H,4-15H2,1-3H3. The molecular formula is C16H35NO6. The van der Waals surface area contributed by atoms with Gasteiger partial charge in [-0.15, -0.1) is 0 Å². The van der Waals surface area contributed by atoms with E-state index in [1.807, 2.05) is 0 Å². The molecule has 0 saturated heterocycles. The molecule has 0 aromatic heterocycles. The summed E-state index contributed by atoms with van der Waals surface area (Å²) >= 11 is 0. The van der Waals surface area contributed by atoms with E-state index in [9.17, 15) is 0 Å². The third-order valence-electron chi connectivity index (χ3n) is 2.72. The molecule has 0 saturated carbocycles. The monoisotopic (exact) mass is 337 g/mol. The van der Waals surface area contributed by atoms with Crippen LogP contribution in [0.1, 0.15) is 13.8 Å². The molecule has 0 amide bonds. The van der Waals surface area contributed by atoms with Crippen LogP contribution in [0.15, 0.2) is 0 Å². The van der Waals surface area contributed by atoms with E-state index in [2.05, 4.69) is 19.2 Å². The molecule has 23 heavy (non-hydrogen) atoms. The normalized spacial score (nSPS) is 11.5. The summed E-state index contributed by atoms with van der Waals surface area (Å²) in [6, 6.07) is 0.499. The summed E-state index contributed by atoms with van der Waals surface area (Å²) in [6.07, 6.45) is 0. The van der Waals surface area contributed by atoms with Crippen molar-refractivity contribution in [1.82, 2.24) is 5.32 Å². The van der Waals surface area contributed by atoms with Crippen molar-refractivity contribution in [2.24, 2.45) is 0 Å². The second-order valence-corrected chi connectivity index (χ2v) is 5.16. The van der Waals surface area contributed by atoms with Gasteiger partial charge in [0.1, 0.15) is 0 Å². The maximum absolute atomic E-state index is 5.42. The Labute approximate surface area is 140 Å². The van der Waals surface area contributed by atoms with Gasteiger partial charge in [-0.25, -0.2) is 0 Å². The molecule has 0 bridgehead atoms. The molecule has 0 aromatic carbocycles. The summed E-state index contributed by atoms with van der Waals surface area (Å²) < 4.78 is 31.7. The zero-order valence-corrected chi connectivity index (χ0v) is 15.0. The average molecular weight is 337 g/mol. The van der Waals surface area contributed by atoms with E-state index in [4.69, 9.17) is 28.4 Å². The topological polar surface area (TPSA) is 67.4 Å². The van der Waals surface area contributed by atoms with E-state index in [0.29, 0.717) is 78.7 Å². The number of hydrogen-bond acceptors (Lipinski definition) is 7. The zero-order chi connectivity index (χ0) is 17.0. The second-order valence-electron chi connectivity index (χ2n) is 5.16. The average Bonchev–Trinajstić information content (AvgIpc) is 2.53. The number of ether oxygens (including phenoxy) is 6. The van der Waals surface area contributed by atoms with Gasteiger partial charge in [0, 0.05) is 19.7 Å². The van der Waals surface area contributed by atoms with Gasteiger partial charge in [0.05, 0.1) is 72.7 Å². The Bertz CT molecular complexity index is 219. The minimum atomic E-state index is 0.499. The molecule has 0 aliphatic carbocycles. The highest BCUT2D eigenvalue weighted by atomic mass is 16.6. The lowest BCUT2D eigenvalue weighted by molar-refractivity contribution is -0.0145. The quantitative estimate of drug-likeness (QED) is 0.348. The van der Waals surface area contributed by atoms with E-state index in [1.54, 1.807) is 7.11 Å². The minimum absolute atomic E-state index is 0.499. The molecule has 0 aliphatic heterocycles. The first-order valence-electron chi connectivity index (χ1n) is 8.38. The molecule has 0 aliphatic rings. The number of methoxy groups -OCH3 is 1. The van der Waals surface area contributed by atoms with Gasteiger partial charge in [0.2, 0.25) is 0 Å². The van der Waals surface area contributed by atoms with Gasteiger partial charge < -0.3 is 33.7 Å². The van der Waals surface area contributed by atoms with Gasteiger partial charge in [-0.1, -0.05) is 13.8 Å². The summed E-state index contributed by atoms with van der Waals surface area (Å²) in [5.74, 6) is 0. The van der Waals surface area contributed by atoms with E-state index < -0.39 is 0 Å². The Hall–Kier alpha value is -0.280. The van der Waals surface area contributed by atoms with Crippen LogP contribution in [0.4, 0.5) is 0 Å². The van der Waals surface area contributed by atoms with Crippen LogP contribution < -0.4 is 5.32 Å². The summed E-state index contributed by atoms with van der Waals surface area (Å²) in [6.45, 7) is 11.7. The second kappa shape index (κ2) is 19.8. The van der Waals surface area contributed by atoms with Crippen LogP contribution in [0, 0.1) is 0 Å². The molecule has 0 rings (SSSR count). The Morgan fingerprint density at radius 1 is 0.565 bits per heavy atom. The van der Waals surface area contributed by atoms with E-state index in [0.717, 1.165) is 6.54 Å². The minimum Gasteiger partial charge on any atom is -0.382 e. The third-order valence-corrected chi connectivity index (χ3v) is 2.72. The lowest BCUT2D eigenvalue weighted by Crippen LogP contribution is -2.27. The van der Waals surface area contributed by atoms with Crippen molar-refractivity contribution in [3.05, 3.63) is 0 Å². The summed E-state index contributed by atoms with van der Waals surface area (Å²) in [5, 5.41) is 3.29. The van der Waals surface area contributed by atoms with Crippen LogP contribution in [0.25, 0.3) is 0 Å². The van der Waals surface area contributed by atoms with Gasteiger partial charge >= 0.3 is 0 Å². The molecule has 0 fully saturated rings. The summed E-state index contributed by atoms with van der Waals surface area (Å²) in [4.78, 5) is 0. The smallest absolute Gasteiger partial charge is 0.0701 e. The Morgan fingerprint density at radius 2 is 0.913 bits per heavy atom. The predicted molar refractivity (Wildman–Crippen MR) is 89.1 cm³/mol. The number of nitrogens with one attached hydrogen (secondary N) is 1. The third kappa shape index (κ3) is 21.7. The molecule has 0 spiro atoms. The summed E-state index contributed by atoms with van der Waals surface area (Å²) in [7, 11) is 1.65. The highest BCUT2D eigenvalue weighted by Crippen LogP contribution is 1.84. The van der Waals surface area contributed by atoms with Gasteiger partial charge in [-0.3, -0.25) is 0 Å². The van der Waals surface area contributed by atoms with Crippen molar-refractivity contribution in [3.8, 4) is 0 Å². The van der Waals surface area contributed by atoms with Gasteiger partial charge in [0.15, 0.2) is 0 Å². The fraction of sp³-hybridized carbons (Fsp3) is 1.00. The lowest BCUT2D eigenvalue weighted by atomic mass is 10.4. The molecule has 0 aromatic rings. The van der Waals surface area contributed by atoms with Crippen molar-refractivity contribution in [3.63, 3.8) is 0 Å². The van der Waals surface area contributed by atoms with Gasteiger partial charge in [-0.05, 0) is 0 Å². The Kier molecular flexibility index (Phi) is 19.5. The van der Waals surface area contributed by atoms with Crippen molar-refractivity contribution >= 4 is 0 Å². The molecule has 0 atom stereocenters. The largest absolute Gasteiger partial charge is 0.382 e. The predicted octanol–water partition coefficient (Wildman–Crippen LogP) is 0.714. The number of rotatable bonds is 19. The zero-order valence-electron chi connectivity index (χ0n) is 15.0. The van der Waals surface area contributed by atoms with Crippen LogP contribution in [0.3, 0.4) is 0 Å². The van der Waals surface area contributed by atoms with E-state index >= 15 is 0 Å². The van der Waals surface area contributed by atoms with Crippen LogP contribution in [0.5, 0.6) is 0 Å². The van der Waals surface area contributed by atoms with E-state index in [-0.39, 0.29) is 0 Å². The molecule has 7 heteroatoms. The first kappa shape index (κ1) is 22.7. The van der Waals surface area contributed by atoms with Crippen molar-refractivity contribution in [2.45, 2.75) is 19.9 Å².